The number of halogens is 1. The summed E-state index contributed by atoms with van der Waals surface area (Å²) in [6.45, 7) is 0.381. The molecular formula is C11H11FN4O2. The van der Waals surface area contributed by atoms with E-state index >= 15 is 0 Å². The van der Waals surface area contributed by atoms with Crippen LogP contribution in [0.2, 0.25) is 0 Å². The molecule has 1 heterocycles. The van der Waals surface area contributed by atoms with Crippen LogP contribution in [0.3, 0.4) is 0 Å². The maximum Gasteiger partial charge on any atom is 0.296 e. The van der Waals surface area contributed by atoms with E-state index in [1.807, 2.05) is 0 Å². The molecule has 0 aliphatic carbocycles. The Kier molecular flexibility index (Phi) is 3.33. The van der Waals surface area contributed by atoms with E-state index in [4.69, 9.17) is 5.73 Å². The Balaban J connectivity index is 2.56. The van der Waals surface area contributed by atoms with Crippen LogP contribution < -0.4 is 5.73 Å². The van der Waals surface area contributed by atoms with Gasteiger partial charge in [0, 0.05) is 18.8 Å². The van der Waals surface area contributed by atoms with Gasteiger partial charge in [-0.2, -0.15) is 0 Å². The summed E-state index contributed by atoms with van der Waals surface area (Å²) in [5, 5.41) is 10.9. The molecule has 6 nitrogen and oxygen atoms in total. The maximum atomic E-state index is 13.0. The van der Waals surface area contributed by atoms with Gasteiger partial charge in [-0.25, -0.2) is 9.37 Å². The highest BCUT2D eigenvalue weighted by atomic mass is 19.1. The number of benzene rings is 1. The van der Waals surface area contributed by atoms with Crippen molar-refractivity contribution < 1.29 is 9.31 Å². The Morgan fingerprint density at radius 3 is 2.94 bits per heavy atom. The van der Waals surface area contributed by atoms with Crippen molar-refractivity contribution >= 4 is 5.69 Å². The molecule has 0 spiro atoms. The Hall–Kier alpha value is -2.28. The number of aromatic nitrogens is 2. The summed E-state index contributed by atoms with van der Waals surface area (Å²) in [6, 6.07) is 3.42. The van der Waals surface area contributed by atoms with E-state index in [0.29, 0.717) is 18.8 Å². The number of imidazole rings is 1. The van der Waals surface area contributed by atoms with Crippen molar-refractivity contribution in [3.8, 4) is 5.69 Å². The van der Waals surface area contributed by atoms with Crippen molar-refractivity contribution in [3.05, 3.63) is 52.3 Å². The smallest absolute Gasteiger partial charge is 0.296 e. The predicted molar refractivity (Wildman–Crippen MR) is 62.9 cm³/mol. The number of hydrogen-bond donors (Lipinski definition) is 1. The number of nitro groups is 1. The van der Waals surface area contributed by atoms with Crippen LogP contribution in [0.25, 0.3) is 5.69 Å². The monoisotopic (exact) mass is 250 g/mol. The van der Waals surface area contributed by atoms with E-state index in [2.05, 4.69) is 4.98 Å². The van der Waals surface area contributed by atoms with E-state index in [0.717, 1.165) is 6.07 Å². The molecule has 2 N–H and O–H groups in total. The molecule has 0 atom stereocenters. The largest absolute Gasteiger partial charge is 0.330 e. The van der Waals surface area contributed by atoms with Gasteiger partial charge >= 0.3 is 0 Å². The number of hydrogen-bond acceptors (Lipinski definition) is 4. The van der Waals surface area contributed by atoms with Gasteiger partial charge in [0.1, 0.15) is 17.3 Å². The predicted octanol–water partition coefficient (Wildman–Crippen LogP) is 1.42. The van der Waals surface area contributed by atoms with Crippen LogP contribution in [-0.2, 0) is 6.42 Å². The normalized spacial score (nSPS) is 10.6. The molecule has 0 fully saturated rings. The highest BCUT2D eigenvalue weighted by Gasteiger charge is 2.18. The summed E-state index contributed by atoms with van der Waals surface area (Å²) < 4.78 is 14.6. The van der Waals surface area contributed by atoms with Gasteiger partial charge in [-0.3, -0.25) is 14.7 Å². The van der Waals surface area contributed by atoms with Gasteiger partial charge in [0.05, 0.1) is 11.0 Å². The quantitative estimate of drug-likeness (QED) is 0.656. The third kappa shape index (κ3) is 2.21. The fraction of sp³-hybridized carbons (Fsp3) is 0.182. The second-order valence-corrected chi connectivity index (χ2v) is 3.64. The lowest BCUT2D eigenvalue weighted by atomic mass is 10.2. The van der Waals surface area contributed by atoms with Gasteiger partial charge < -0.3 is 5.73 Å². The van der Waals surface area contributed by atoms with Crippen LogP contribution in [0.4, 0.5) is 10.1 Å². The van der Waals surface area contributed by atoms with Gasteiger partial charge in [0.25, 0.3) is 5.69 Å². The molecule has 0 saturated carbocycles. The summed E-state index contributed by atoms with van der Waals surface area (Å²) >= 11 is 0. The highest BCUT2D eigenvalue weighted by molar-refractivity contribution is 5.53. The average molecular weight is 250 g/mol. The molecule has 0 aliphatic heterocycles. The topological polar surface area (TPSA) is 87.0 Å². The zero-order valence-corrected chi connectivity index (χ0v) is 9.41. The third-order valence-electron chi connectivity index (χ3n) is 2.48. The van der Waals surface area contributed by atoms with Gasteiger partial charge in [-0.05, 0) is 18.7 Å². The Labute approximate surface area is 102 Å². The number of nitrogens with two attached hydrogens (primary N) is 1. The maximum absolute atomic E-state index is 13.0. The molecule has 18 heavy (non-hydrogen) atoms. The standard InChI is InChI=1S/C11H11FN4O2/c12-8-1-2-9(10(7-8)16(17)18)15-6-5-14-11(15)3-4-13/h1-2,5-7H,3-4,13H2. The molecule has 1 aromatic heterocycles. The van der Waals surface area contributed by atoms with Crippen LogP contribution in [-0.4, -0.2) is 21.0 Å². The van der Waals surface area contributed by atoms with E-state index in [9.17, 15) is 14.5 Å². The molecule has 0 aliphatic rings. The first-order chi connectivity index (χ1) is 8.63. The van der Waals surface area contributed by atoms with Crippen LogP contribution >= 0.6 is 0 Å². The average Bonchev–Trinajstić information content (AvgIpc) is 2.77. The molecule has 0 amide bonds. The molecule has 0 unspecified atom stereocenters. The number of nitrogens with zero attached hydrogens (tertiary/aromatic N) is 3. The van der Waals surface area contributed by atoms with Crippen molar-refractivity contribution in [1.29, 1.82) is 0 Å². The summed E-state index contributed by atoms with van der Waals surface area (Å²) in [5.41, 5.74) is 5.42. The zero-order chi connectivity index (χ0) is 13.1. The van der Waals surface area contributed by atoms with Crippen molar-refractivity contribution in [2.45, 2.75) is 6.42 Å². The van der Waals surface area contributed by atoms with Gasteiger partial charge in [-0.15, -0.1) is 0 Å². The molecule has 0 radical (unpaired) electrons. The van der Waals surface area contributed by atoms with Gasteiger partial charge in [0.2, 0.25) is 0 Å². The fourth-order valence-electron chi connectivity index (χ4n) is 1.71. The molecular weight excluding hydrogens is 239 g/mol. The SMILES string of the molecule is NCCc1nccn1-c1ccc(F)cc1[N+](=O)[O-]. The summed E-state index contributed by atoms with van der Waals surface area (Å²) in [4.78, 5) is 14.4. The van der Waals surface area contributed by atoms with E-state index < -0.39 is 10.7 Å². The van der Waals surface area contributed by atoms with Crippen LogP contribution in [0.5, 0.6) is 0 Å². The van der Waals surface area contributed by atoms with Gasteiger partial charge in [0.15, 0.2) is 0 Å². The number of rotatable bonds is 4. The third-order valence-corrected chi connectivity index (χ3v) is 2.48. The summed E-state index contributed by atoms with van der Waals surface area (Å²) in [6.07, 6.45) is 3.60. The molecule has 2 aromatic rings. The fourth-order valence-corrected chi connectivity index (χ4v) is 1.71. The summed E-state index contributed by atoms with van der Waals surface area (Å²) in [7, 11) is 0. The second-order valence-electron chi connectivity index (χ2n) is 3.64. The van der Waals surface area contributed by atoms with Crippen molar-refractivity contribution in [1.82, 2.24) is 9.55 Å². The minimum atomic E-state index is -0.647. The lowest BCUT2D eigenvalue weighted by Crippen LogP contribution is -2.10. The van der Waals surface area contributed by atoms with Crippen LogP contribution in [0, 0.1) is 15.9 Å². The Bertz CT molecular complexity index is 582. The number of nitro benzene ring substituents is 1. The first-order valence-electron chi connectivity index (χ1n) is 5.30. The first kappa shape index (κ1) is 12.2. The summed E-state index contributed by atoms with van der Waals surface area (Å²) in [5.74, 6) is -0.0434. The highest BCUT2D eigenvalue weighted by Crippen LogP contribution is 2.24. The molecule has 94 valence electrons. The zero-order valence-electron chi connectivity index (χ0n) is 9.41. The first-order valence-corrected chi connectivity index (χ1v) is 5.30. The van der Waals surface area contributed by atoms with Crippen LogP contribution in [0.1, 0.15) is 5.82 Å². The van der Waals surface area contributed by atoms with E-state index in [1.54, 1.807) is 10.8 Å². The van der Waals surface area contributed by atoms with E-state index in [-0.39, 0.29) is 11.4 Å². The minimum absolute atomic E-state index is 0.280. The van der Waals surface area contributed by atoms with Crippen LogP contribution in [0.15, 0.2) is 30.6 Å². The van der Waals surface area contributed by atoms with Crippen molar-refractivity contribution in [3.63, 3.8) is 0 Å². The van der Waals surface area contributed by atoms with Gasteiger partial charge in [-0.1, -0.05) is 0 Å². The van der Waals surface area contributed by atoms with Crippen molar-refractivity contribution in [2.75, 3.05) is 6.54 Å². The Morgan fingerprint density at radius 2 is 2.28 bits per heavy atom. The minimum Gasteiger partial charge on any atom is -0.330 e. The lowest BCUT2D eigenvalue weighted by molar-refractivity contribution is -0.384. The lowest BCUT2D eigenvalue weighted by Gasteiger charge is -2.07. The van der Waals surface area contributed by atoms with E-state index in [1.165, 1.54) is 18.3 Å². The molecule has 7 heteroatoms. The molecule has 0 bridgehead atoms. The second kappa shape index (κ2) is 4.92. The molecule has 0 saturated heterocycles. The molecule has 1 aromatic carbocycles. The van der Waals surface area contributed by atoms with Crippen molar-refractivity contribution in [2.24, 2.45) is 5.73 Å². The molecule has 2 rings (SSSR count). The Morgan fingerprint density at radius 1 is 1.50 bits per heavy atom.